The molecule has 0 bridgehead atoms. The summed E-state index contributed by atoms with van der Waals surface area (Å²) < 4.78 is 1.68. The molecular weight excluding hydrogens is 228 g/mol. The number of amides is 1. The number of nitrogens with one attached hydrogen (secondary N) is 1. The third kappa shape index (κ3) is 2.36. The summed E-state index contributed by atoms with van der Waals surface area (Å²) in [6, 6.07) is 5.61. The van der Waals surface area contributed by atoms with Crippen molar-refractivity contribution in [2.24, 2.45) is 11.7 Å². The number of aromatic nitrogens is 2. The first-order valence-corrected chi connectivity index (χ1v) is 6.06. The summed E-state index contributed by atoms with van der Waals surface area (Å²) in [7, 11) is 0. The van der Waals surface area contributed by atoms with E-state index in [-0.39, 0.29) is 11.9 Å². The van der Waals surface area contributed by atoms with Crippen molar-refractivity contribution >= 4 is 11.4 Å². The van der Waals surface area contributed by atoms with E-state index in [1.165, 1.54) is 0 Å². The largest absolute Gasteiger partial charge is 0.348 e. The average molecular weight is 246 g/mol. The molecule has 1 unspecified atom stereocenters. The molecule has 3 N–H and O–H groups in total. The summed E-state index contributed by atoms with van der Waals surface area (Å²) in [5, 5.41) is 7.09. The molecule has 0 fully saturated rings. The topological polar surface area (TPSA) is 72.4 Å². The number of pyridine rings is 1. The monoisotopic (exact) mass is 246 g/mol. The van der Waals surface area contributed by atoms with Crippen molar-refractivity contribution in [2.45, 2.75) is 19.9 Å². The molecule has 5 heteroatoms. The van der Waals surface area contributed by atoms with Crippen molar-refractivity contribution in [2.75, 3.05) is 6.54 Å². The second kappa shape index (κ2) is 5.18. The van der Waals surface area contributed by atoms with Gasteiger partial charge in [0, 0.05) is 18.8 Å². The maximum atomic E-state index is 12.2. The Labute approximate surface area is 106 Å². The van der Waals surface area contributed by atoms with E-state index >= 15 is 0 Å². The fraction of sp³-hybridized carbons (Fsp3) is 0.385. The second-order valence-electron chi connectivity index (χ2n) is 4.65. The highest BCUT2D eigenvalue weighted by Crippen LogP contribution is 2.10. The highest BCUT2D eigenvalue weighted by atomic mass is 16.1. The molecule has 0 aliphatic heterocycles. The minimum Gasteiger partial charge on any atom is -0.348 e. The van der Waals surface area contributed by atoms with Crippen LogP contribution in [0.5, 0.6) is 0 Å². The van der Waals surface area contributed by atoms with Crippen LogP contribution in [0, 0.1) is 5.92 Å². The maximum Gasteiger partial charge on any atom is 0.255 e. The summed E-state index contributed by atoms with van der Waals surface area (Å²) in [4.78, 5) is 12.2. The van der Waals surface area contributed by atoms with E-state index < -0.39 is 0 Å². The van der Waals surface area contributed by atoms with Gasteiger partial charge in [0.2, 0.25) is 0 Å². The zero-order valence-corrected chi connectivity index (χ0v) is 10.6. The average Bonchev–Trinajstić information content (AvgIpc) is 2.79. The number of carbonyl (C=O) groups is 1. The van der Waals surface area contributed by atoms with Crippen LogP contribution in [0.1, 0.15) is 24.2 Å². The van der Waals surface area contributed by atoms with E-state index in [1.54, 1.807) is 10.7 Å². The van der Waals surface area contributed by atoms with E-state index in [4.69, 9.17) is 5.73 Å². The Bertz CT molecular complexity index is 547. The van der Waals surface area contributed by atoms with Crippen molar-refractivity contribution in [1.82, 2.24) is 14.9 Å². The zero-order valence-electron chi connectivity index (χ0n) is 10.6. The third-order valence-corrected chi connectivity index (χ3v) is 3.05. The molecule has 1 atom stereocenters. The fourth-order valence-corrected chi connectivity index (χ4v) is 1.85. The Morgan fingerprint density at radius 2 is 2.28 bits per heavy atom. The third-order valence-electron chi connectivity index (χ3n) is 3.05. The lowest BCUT2D eigenvalue weighted by molar-refractivity contribution is 0.0929. The molecule has 0 saturated heterocycles. The quantitative estimate of drug-likeness (QED) is 0.847. The lowest BCUT2D eigenvalue weighted by atomic mass is 10.0. The van der Waals surface area contributed by atoms with Gasteiger partial charge in [0.25, 0.3) is 5.91 Å². The molecule has 0 aromatic carbocycles. The minimum absolute atomic E-state index is 0.0174. The Hall–Kier alpha value is -1.88. The van der Waals surface area contributed by atoms with Crippen LogP contribution < -0.4 is 11.1 Å². The summed E-state index contributed by atoms with van der Waals surface area (Å²) in [5.74, 6) is 0.182. The molecular formula is C13H18N4O. The van der Waals surface area contributed by atoms with Gasteiger partial charge in [0.05, 0.1) is 17.3 Å². The van der Waals surface area contributed by atoms with Crippen molar-refractivity contribution in [3.63, 3.8) is 0 Å². The zero-order chi connectivity index (χ0) is 13.1. The predicted octanol–water partition coefficient (Wildman–Crippen LogP) is 1.05. The van der Waals surface area contributed by atoms with Gasteiger partial charge in [-0.1, -0.05) is 19.9 Å². The Morgan fingerprint density at radius 1 is 1.50 bits per heavy atom. The van der Waals surface area contributed by atoms with Crippen LogP contribution in [0.2, 0.25) is 0 Å². The summed E-state index contributed by atoms with van der Waals surface area (Å²) in [6.07, 6.45) is 3.40. The number of hydrogen-bond donors (Lipinski definition) is 2. The standard InChI is InChI=1S/C13H18N4O/c1-9(2)11(7-14)16-13(18)10-8-15-17-6-4-3-5-12(10)17/h3-6,8-9,11H,7,14H2,1-2H3,(H,16,18). The molecule has 1 amide bonds. The van der Waals surface area contributed by atoms with Crippen molar-refractivity contribution in [1.29, 1.82) is 0 Å². The molecule has 2 heterocycles. The van der Waals surface area contributed by atoms with Gasteiger partial charge < -0.3 is 11.1 Å². The summed E-state index contributed by atoms with van der Waals surface area (Å²) in [5.41, 5.74) is 7.03. The maximum absolute atomic E-state index is 12.2. The second-order valence-corrected chi connectivity index (χ2v) is 4.65. The van der Waals surface area contributed by atoms with Crippen LogP contribution in [0.25, 0.3) is 5.52 Å². The first-order chi connectivity index (χ1) is 8.63. The van der Waals surface area contributed by atoms with Crippen LogP contribution >= 0.6 is 0 Å². The molecule has 5 nitrogen and oxygen atoms in total. The van der Waals surface area contributed by atoms with E-state index in [1.807, 2.05) is 38.2 Å². The fourth-order valence-electron chi connectivity index (χ4n) is 1.85. The van der Waals surface area contributed by atoms with Gasteiger partial charge in [-0.05, 0) is 18.1 Å². The molecule has 2 aromatic heterocycles. The van der Waals surface area contributed by atoms with Gasteiger partial charge in [-0.15, -0.1) is 0 Å². The molecule has 0 radical (unpaired) electrons. The molecule has 0 aliphatic rings. The van der Waals surface area contributed by atoms with Crippen LogP contribution in [0.15, 0.2) is 30.6 Å². The van der Waals surface area contributed by atoms with Crippen molar-refractivity contribution in [3.8, 4) is 0 Å². The van der Waals surface area contributed by atoms with Crippen LogP contribution in [-0.2, 0) is 0 Å². The van der Waals surface area contributed by atoms with E-state index in [9.17, 15) is 4.79 Å². The molecule has 18 heavy (non-hydrogen) atoms. The number of carbonyl (C=O) groups excluding carboxylic acids is 1. The number of nitrogens with zero attached hydrogens (tertiary/aromatic N) is 2. The predicted molar refractivity (Wildman–Crippen MR) is 70.3 cm³/mol. The molecule has 96 valence electrons. The highest BCUT2D eigenvalue weighted by Gasteiger charge is 2.18. The molecule has 0 aliphatic carbocycles. The van der Waals surface area contributed by atoms with Gasteiger partial charge in [-0.3, -0.25) is 4.79 Å². The number of nitrogens with two attached hydrogens (primary N) is 1. The smallest absolute Gasteiger partial charge is 0.255 e. The van der Waals surface area contributed by atoms with E-state index in [0.29, 0.717) is 18.0 Å². The van der Waals surface area contributed by atoms with Gasteiger partial charge in [-0.2, -0.15) is 5.10 Å². The normalized spacial score (nSPS) is 12.9. The Morgan fingerprint density at radius 3 is 2.94 bits per heavy atom. The molecule has 0 spiro atoms. The SMILES string of the molecule is CC(C)C(CN)NC(=O)c1cnn2ccccc12. The lowest BCUT2D eigenvalue weighted by Crippen LogP contribution is -2.43. The van der Waals surface area contributed by atoms with E-state index in [2.05, 4.69) is 10.4 Å². The van der Waals surface area contributed by atoms with Crippen molar-refractivity contribution in [3.05, 3.63) is 36.2 Å². The molecule has 2 aromatic rings. The van der Waals surface area contributed by atoms with Gasteiger partial charge in [0.1, 0.15) is 0 Å². The first kappa shape index (κ1) is 12.6. The van der Waals surface area contributed by atoms with E-state index in [0.717, 1.165) is 5.52 Å². The van der Waals surface area contributed by atoms with Crippen LogP contribution in [0.3, 0.4) is 0 Å². The lowest BCUT2D eigenvalue weighted by Gasteiger charge is -2.20. The number of fused-ring (bicyclic) bond motifs is 1. The van der Waals surface area contributed by atoms with Gasteiger partial charge in [0.15, 0.2) is 0 Å². The molecule has 2 rings (SSSR count). The van der Waals surface area contributed by atoms with Gasteiger partial charge in [-0.25, -0.2) is 4.52 Å². The first-order valence-electron chi connectivity index (χ1n) is 6.06. The van der Waals surface area contributed by atoms with Crippen LogP contribution in [-0.4, -0.2) is 28.1 Å². The van der Waals surface area contributed by atoms with Crippen LogP contribution in [0.4, 0.5) is 0 Å². The van der Waals surface area contributed by atoms with Crippen molar-refractivity contribution < 1.29 is 4.79 Å². The summed E-state index contributed by atoms with van der Waals surface area (Å²) in [6.45, 7) is 4.50. The molecule has 0 saturated carbocycles. The number of rotatable bonds is 4. The number of hydrogen-bond acceptors (Lipinski definition) is 3. The summed E-state index contributed by atoms with van der Waals surface area (Å²) >= 11 is 0. The minimum atomic E-state index is -0.125. The highest BCUT2D eigenvalue weighted by molar-refractivity contribution is 6.00. The Balaban J connectivity index is 2.23. The Kier molecular flexibility index (Phi) is 3.62. The van der Waals surface area contributed by atoms with Gasteiger partial charge >= 0.3 is 0 Å².